The number of likely N-dealkylation sites (N-methyl/N-ethyl adjacent to an activating group) is 2. The average molecular weight is 298 g/mol. The zero-order chi connectivity index (χ0) is 16.6. The predicted octanol–water partition coefficient (Wildman–Crippen LogP) is 1.12. The maximum Gasteiger partial charge on any atom is 0.410 e. The maximum absolute atomic E-state index is 12.5. The number of nitrogens with zero attached hydrogens (tertiary/aromatic N) is 2. The molecule has 21 heavy (non-hydrogen) atoms. The van der Waals surface area contributed by atoms with E-state index in [0.29, 0.717) is 0 Å². The number of hydrogen-bond acceptors (Lipinski definition) is 4. The Bertz CT molecular complexity index is 433. The predicted molar refractivity (Wildman–Crippen MR) is 77.8 cm³/mol. The summed E-state index contributed by atoms with van der Waals surface area (Å²) in [6.45, 7) is 6.93. The lowest BCUT2D eigenvalue weighted by atomic mass is 9.88. The van der Waals surface area contributed by atoms with E-state index in [1.54, 1.807) is 0 Å². The number of carbonyl (C=O) groups excluding carboxylic acids is 2. The van der Waals surface area contributed by atoms with Crippen molar-refractivity contribution in [3.63, 3.8) is 0 Å². The molecule has 1 N–H and O–H groups in total. The van der Waals surface area contributed by atoms with Gasteiger partial charge in [-0.25, -0.2) is 4.79 Å². The molecule has 7 heteroatoms. The van der Waals surface area contributed by atoms with Gasteiger partial charge in [0.25, 0.3) is 0 Å². The zero-order valence-electron chi connectivity index (χ0n) is 12.7. The first-order valence-corrected chi connectivity index (χ1v) is 6.28. The molecule has 118 valence electrons. The van der Waals surface area contributed by atoms with E-state index in [4.69, 9.17) is 9.84 Å². The zero-order valence-corrected chi connectivity index (χ0v) is 12.7. The Morgan fingerprint density at radius 2 is 1.76 bits per heavy atom. The molecule has 7 nitrogen and oxygen atoms in total. The third-order valence-electron chi connectivity index (χ3n) is 2.97. The van der Waals surface area contributed by atoms with Crippen LogP contribution in [0, 0.1) is 0 Å². The van der Waals surface area contributed by atoms with Crippen molar-refractivity contribution in [2.45, 2.75) is 18.4 Å². The summed E-state index contributed by atoms with van der Waals surface area (Å²) in [4.78, 5) is 37.9. The molecule has 0 fully saturated rings. The van der Waals surface area contributed by atoms with E-state index in [1.165, 1.54) is 38.2 Å². The molecular formula is C14H22N2O5. The lowest BCUT2D eigenvalue weighted by Gasteiger charge is -2.39. The van der Waals surface area contributed by atoms with Crippen molar-refractivity contribution in [2.24, 2.45) is 0 Å². The molecule has 0 saturated carbocycles. The number of aliphatic carboxylic acids is 1. The van der Waals surface area contributed by atoms with Crippen LogP contribution in [-0.4, -0.2) is 66.2 Å². The molecule has 0 aromatic carbocycles. The Balaban J connectivity index is 5.66. The van der Waals surface area contributed by atoms with Crippen molar-refractivity contribution < 1.29 is 24.2 Å². The minimum Gasteiger partial charge on any atom is -0.481 e. The first-order chi connectivity index (χ1) is 9.72. The van der Waals surface area contributed by atoms with Gasteiger partial charge in [-0.2, -0.15) is 0 Å². The summed E-state index contributed by atoms with van der Waals surface area (Å²) in [6, 6.07) is 0. The minimum atomic E-state index is -1.57. The van der Waals surface area contributed by atoms with Gasteiger partial charge in [0.2, 0.25) is 5.91 Å². The molecule has 0 heterocycles. The highest BCUT2D eigenvalue weighted by molar-refractivity contribution is 5.93. The lowest BCUT2D eigenvalue weighted by Crippen LogP contribution is -2.59. The van der Waals surface area contributed by atoms with Gasteiger partial charge >= 0.3 is 12.1 Å². The van der Waals surface area contributed by atoms with Crippen molar-refractivity contribution in [3.8, 4) is 0 Å². The smallest absolute Gasteiger partial charge is 0.410 e. The van der Waals surface area contributed by atoms with E-state index >= 15 is 0 Å². The Kier molecular flexibility index (Phi) is 7.19. The molecule has 0 aliphatic carbocycles. The highest BCUT2D eigenvalue weighted by atomic mass is 16.6. The van der Waals surface area contributed by atoms with Crippen LogP contribution in [0.3, 0.4) is 0 Å². The van der Waals surface area contributed by atoms with Crippen LogP contribution in [0.5, 0.6) is 0 Å². The van der Waals surface area contributed by atoms with Crippen molar-refractivity contribution in [1.82, 2.24) is 9.80 Å². The van der Waals surface area contributed by atoms with Crippen molar-refractivity contribution in [3.05, 3.63) is 25.3 Å². The number of carboxylic acids is 1. The van der Waals surface area contributed by atoms with Crippen LogP contribution < -0.4 is 0 Å². The van der Waals surface area contributed by atoms with Gasteiger partial charge in [-0.3, -0.25) is 14.5 Å². The number of carbonyl (C=O) groups is 3. The highest BCUT2D eigenvalue weighted by Crippen LogP contribution is 2.27. The molecule has 0 spiro atoms. The largest absolute Gasteiger partial charge is 0.481 e. The summed E-state index contributed by atoms with van der Waals surface area (Å²) >= 11 is 0. The van der Waals surface area contributed by atoms with Crippen LogP contribution in [0.1, 0.15) is 12.8 Å². The number of hydrogen-bond donors (Lipinski definition) is 1. The monoisotopic (exact) mass is 298 g/mol. The van der Waals surface area contributed by atoms with Crippen LogP contribution in [-0.2, 0) is 14.3 Å². The van der Waals surface area contributed by atoms with Gasteiger partial charge in [0, 0.05) is 21.1 Å². The molecule has 0 aromatic heterocycles. The molecule has 0 aliphatic heterocycles. The van der Waals surface area contributed by atoms with Gasteiger partial charge in [0.15, 0.2) is 0 Å². The van der Waals surface area contributed by atoms with Crippen LogP contribution >= 0.6 is 0 Å². The fourth-order valence-corrected chi connectivity index (χ4v) is 1.94. The molecule has 0 rings (SSSR count). The van der Waals surface area contributed by atoms with Crippen LogP contribution in [0.25, 0.3) is 0 Å². The molecule has 0 aliphatic rings. The Hall–Kier alpha value is -2.31. The number of carboxylic acid groups (broad SMARTS) is 1. The molecule has 1 atom stereocenters. The summed E-state index contributed by atoms with van der Waals surface area (Å²) in [7, 11) is 4.31. The normalized spacial score (nSPS) is 12.7. The Morgan fingerprint density at radius 1 is 1.19 bits per heavy atom. The quantitative estimate of drug-likeness (QED) is 0.678. The Morgan fingerprint density at radius 3 is 2.14 bits per heavy atom. The lowest BCUT2D eigenvalue weighted by molar-refractivity contribution is -0.150. The van der Waals surface area contributed by atoms with Crippen molar-refractivity contribution >= 4 is 18.0 Å². The summed E-state index contributed by atoms with van der Waals surface area (Å²) in [5.41, 5.74) is -1.57. The van der Waals surface area contributed by atoms with E-state index in [1.807, 2.05) is 0 Å². The number of ether oxygens (including phenoxy) is 1. The van der Waals surface area contributed by atoms with Gasteiger partial charge in [-0.15, -0.1) is 6.58 Å². The van der Waals surface area contributed by atoms with Crippen LogP contribution in [0.4, 0.5) is 4.79 Å². The van der Waals surface area contributed by atoms with E-state index in [-0.39, 0.29) is 13.0 Å². The minimum absolute atomic E-state index is 0.00397. The average Bonchev–Trinajstić information content (AvgIpc) is 2.41. The molecule has 0 bridgehead atoms. The summed E-state index contributed by atoms with van der Waals surface area (Å²) in [6.07, 6.45) is 1.44. The molecule has 2 amide bonds. The second-order valence-electron chi connectivity index (χ2n) is 4.72. The van der Waals surface area contributed by atoms with Gasteiger partial charge in [0.05, 0.1) is 6.42 Å². The summed E-state index contributed by atoms with van der Waals surface area (Å²) < 4.78 is 4.89. The molecule has 0 saturated heterocycles. The highest BCUT2D eigenvalue weighted by Gasteiger charge is 2.47. The van der Waals surface area contributed by atoms with Gasteiger partial charge in [-0.1, -0.05) is 18.7 Å². The second-order valence-corrected chi connectivity index (χ2v) is 4.72. The first kappa shape index (κ1) is 18.7. The topological polar surface area (TPSA) is 87.1 Å². The third kappa shape index (κ3) is 4.62. The van der Waals surface area contributed by atoms with E-state index in [2.05, 4.69) is 13.2 Å². The van der Waals surface area contributed by atoms with Crippen molar-refractivity contribution in [2.75, 3.05) is 27.7 Å². The van der Waals surface area contributed by atoms with Crippen LogP contribution in [0.2, 0.25) is 0 Å². The number of rotatable bonds is 8. The fraction of sp³-hybridized carbons (Fsp3) is 0.500. The molecule has 0 aromatic rings. The maximum atomic E-state index is 12.5. The van der Waals surface area contributed by atoms with E-state index in [0.717, 1.165) is 4.90 Å². The van der Waals surface area contributed by atoms with Gasteiger partial charge in [0.1, 0.15) is 12.1 Å². The molecular weight excluding hydrogens is 276 g/mol. The summed E-state index contributed by atoms with van der Waals surface area (Å²) in [5.74, 6) is -1.71. The van der Waals surface area contributed by atoms with E-state index < -0.39 is 29.9 Å². The third-order valence-corrected chi connectivity index (χ3v) is 2.97. The SMILES string of the molecule is C=CCOC(=O)N(C)C(CC=C)(CC(=O)O)C(=O)N(C)C. The van der Waals surface area contributed by atoms with Gasteiger partial charge < -0.3 is 14.7 Å². The fourth-order valence-electron chi connectivity index (χ4n) is 1.94. The molecule has 1 unspecified atom stereocenters. The Labute approximate surface area is 124 Å². The van der Waals surface area contributed by atoms with Gasteiger partial charge in [-0.05, 0) is 6.42 Å². The van der Waals surface area contributed by atoms with Crippen molar-refractivity contribution in [1.29, 1.82) is 0 Å². The molecule has 0 radical (unpaired) electrons. The summed E-state index contributed by atoms with van der Waals surface area (Å²) in [5, 5.41) is 9.11. The first-order valence-electron chi connectivity index (χ1n) is 6.28. The standard InChI is InChI=1S/C14H22N2O5/c1-6-8-14(10-11(17)18,12(19)15(3)4)16(5)13(20)21-9-7-2/h6-7H,1-2,8-10H2,3-5H3,(H,17,18). The van der Waals surface area contributed by atoms with E-state index in [9.17, 15) is 14.4 Å². The number of amides is 2. The second kappa shape index (κ2) is 8.08. The van der Waals surface area contributed by atoms with Crippen LogP contribution in [0.15, 0.2) is 25.3 Å².